The van der Waals surface area contributed by atoms with Crippen molar-refractivity contribution in [3.63, 3.8) is 0 Å². The molecular formula is C30H39NO5. The summed E-state index contributed by atoms with van der Waals surface area (Å²) in [5.74, 6) is -0.586. The number of carbonyl (C=O) groups excluding carboxylic acids is 3. The van der Waals surface area contributed by atoms with Crippen molar-refractivity contribution in [3.05, 3.63) is 70.3 Å². The SMILES string of the molecule is CCOC(=O)C1(CCCCCCCC(=O)NOCc2ccccc2)CCc2c(C)cc(C)cc2C1=O. The highest BCUT2D eigenvalue weighted by Gasteiger charge is 2.49. The first kappa shape index (κ1) is 27.6. The maximum atomic E-state index is 13.6. The van der Waals surface area contributed by atoms with E-state index in [9.17, 15) is 14.4 Å². The summed E-state index contributed by atoms with van der Waals surface area (Å²) in [6.45, 7) is 6.41. The van der Waals surface area contributed by atoms with Crippen molar-refractivity contribution in [2.24, 2.45) is 5.41 Å². The molecular weight excluding hydrogens is 454 g/mol. The highest BCUT2D eigenvalue weighted by atomic mass is 16.6. The van der Waals surface area contributed by atoms with Crippen LogP contribution in [0.2, 0.25) is 0 Å². The van der Waals surface area contributed by atoms with Crippen LogP contribution in [-0.4, -0.2) is 24.3 Å². The second kappa shape index (κ2) is 13.4. The average molecular weight is 494 g/mol. The maximum absolute atomic E-state index is 13.6. The van der Waals surface area contributed by atoms with Gasteiger partial charge in [-0.3, -0.25) is 19.2 Å². The van der Waals surface area contributed by atoms with Gasteiger partial charge in [0.25, 0.3) is 0 Å². The number of fused-ring (bicyclic) bond motifs is 1. The number of hydroxylamine groups is 1. The van der Waals surface area contributed by atoms with Crippen LogP contribution in [0.1, 0.15) is 90.9 Å². The van der Waals surface area contributed by atoms with Gasteiger partial charge >= 0.3 is 5.97 Å². The highest BCUT2D eigenvalue weighted by Crippen LogP contribution is 2.42. The van der Waals surface area contributed by atoms with Gasteiger partial charge in [-0.25, -0.2) is 5.48 Å². The lowest BCUT2D eigenvalue weighted by atomic mass is 9.67. The molecule has 1 unspecified atom stereocenters. The van der Waals surface area contributed by atoms with Crippen LogP contribution < -0.4 is 5.48 Å². The van der Waals surface area contributed by atoms with Gasteiger partial charge in [0.1, 0.15) is 5.41 Å². The van der Waals surface area contributed by atoms with Gasteiger partial charge in [-0.05, 0) is 69.2 Å². The summed E-state index contributed by atoms with van der Waals surface area (Å²) in [6.07, 6.45) is 6.44. The molecule has 6 nitrogen and oxygen atoms in total. The fourth-order valence-corrected chi connectivity index (χ4v) is 5.11. The summed E-state index contributed by atoms with van der Waals surface area (Å²) in [5, 5.41) is 0. The van der Waals surface area contributed by atoms with Crippen molar-refractivity contribution in [1.82, 2.24) is 5.48 Å². The fourth-order valence-electron chi connectivity index (χ4n) is 5.11. The van der Waals surface area contributed by atoms with Gasteiger partial charge in [-0.15, -0.1) is 0 Å². The Bertz CT molecular complexity index is 1050. The van der Waals surface area contributed by atoms with Gasteiger partial charge in [0.15, 0.2) is 5.78 Å². The van der Waals surface area contributed by atoms with E-state index in [-0.39, 0.29) is 24.3 Å². The molecule has 3 rings (SSSR count). The Morgan fingerprint density at radius 3 is 2.47 bits per heavy atom. The van der Waals surface area contributed by atoms with E-state index in [1.54, 1.807) is 6.92 Å². The molecule has 0 saturated heterocycles. The Balaban J connectivity index is 1.43. The molecule has 36 heavy (non-hydrogen) atoms. The average Bonchev–Trinajstić information content (AvgIpc) is 2.86. The van der Waals surface area contributed by atoms with Crippen molar-refractivity contribution in [2.45, 2.75) is 85.2 Å². The third-order valence-corrected chi connectivity index (χ3v) is 7.04. The number of hydrogen-bond acceptors (Lipinski definition) is 5. The van der Waals surface area contributed by atoms with Crippen molar-refractivity contribution in [3.8, 4) is 0 Å². The number of aryl methyl sites for hydroxylation is 2. The normalized spacial score (nSPS) is 16.9. The number of nitrogens with one attached hydrogen (secondary N) is 1. The number of esters is 1. The smallest absolute Gasteiger partial charge is 0.320 e. The number of hydrogen-bond donors (Lipinski definition) is 1. The van der Waals surface area contributed by atoms with E-state index in [1.165, 1.54) is 0 Å². The topological polar surface area (TPSA) is 81.7 Å². The first-order valence-corrected chi connectivity index (χ1v) is 13.1. The molecule has 1 atom stereocenters. The number of unbranched alkanes of at least 4 members (excludes halogenated alkanes) is 4. The largest absolute Gasteiger partial charge is 0.465 e. The molecule has 1 aliphatic rings. The van der Waals surface area contributed by atoms with Gasteiger partial charge < -0.3 is 4.74 Å². The third-order valence-electron chi connectivity index (χ3n) is 7.04. The van der Waals surface area contributed by atoms with Crippen molar-refractivity contribution in [2.75, 3.05) is 6.61 Å². The third kappa shape index (κ3) is 7.03. The predicted molar refractivity (Wildman–Crippen MR) is 139 cm³/mol. The minimum atomic E-state index is -1.08. The number of carbonyl (C=O) groups is 3. The van der Waals surface area contributed by atoms with E-state index in [2.05, 4.69) is 11.5 Å². The maximum Gasteiger partial charge on any atom is 0.320 e. The van der Waals surface area contributed by atoms with Crippen molar-refractivity contribution < 1.29 is 24.0 Å². The number of ketones is 1. The number of benzene rings is 2. The molecule has 194 valence electrons. The van der Waals surface area contributed by atoms with Gasteiger partial charge in [-0.2, -0.15) is 0 Å². The van der Waals surface area contributed by atoms with Gasteiger partial charge in [0, 0.05) is 12.0 Å². The van der Waals surface area contributed by atoms with Gasteiger partial charge in [-0.1, -0.05) is 67.6 Å². The summed E-state index contributed by atoms with van der Waals surface area (Å²) >= 11 is 0. The van der Waals surface area contributed by atoms with E-state index in [0.717, 1.165) is 54.4 Å². The standard InChI is InChI=1S/C30H39NO5/c1-4-35-29(34)30(18-16-25-23(3)19-22(2)20-26(25)28(30)33)17-12-7-5-6-11-15-27(32)31-36-21-24-13-9-8-10-14-24/h8-10,13-14,19-20H,4-7,11-12,15-18,21H2,1-3H3,(H,31,32). The Morgan fingerprint density at radius 1 is 1.00 bits per heavy atom. The summed E-state index contributed by atoms with van der Waals surface area (Å²) in [4.78, 5) is 43.9. The Morgan fingerprint density at radius 2 is 1.72 bits per heavy atom. The summed E-state index contributed by atoms with van der Waals surface area (Å²) in [7, 11) is 0. The molecule has 0 aliphatic heterocycles. The van der Waals surface area contributed by atoms with Crippen LogP contribution in [0, 0.1) is 19.3 Å². The first-order chi connectivity index (χ1) is 17.4. The monoisotopic (exact) mass is 493 g/mol. The number of amides is 1. The van der Waals surface area contributed by atoms with E-state index in [0.29, 0.717) is 37.9 Å². The molecule has 0 aromatic heterocycles. The Labute approximate surface area is 214 Å². The molecule has 0 spiro atoms. The Hall–Kier alpha value is -2.99. The molecule has 0 bridgehead atoms. The van der Waals surface area contributed by atoms with Crippen molar-refractivity contribution in [1.29, 1.82) is 0 Å². The summed E-state index contributed by atoms with van der Waals surface area (Å²) in [6, 6.07) is 13.7. The van der Waals surface area contributed by atoms with Crippen LogP contribution in [0.15, 0.2) is 42.5 Å². The molecule has 2 aromatic rings. The molecule has 6 heteroatoms. The molecule has 0 heterocycles. The molecule has 0 fully saturated rings. The lowest BCUT2D eigenvalue weighted by Gasteiger charge is -2.35. The minimum absolute atomic E-state index is 0.0822. The summed E-state index contributed by atoms with van der Waals surface area (Å²) < 4.78 is 5.40. The molecule has 1 N–H and O–H groups in total. The molecule has 0 radical (unpaired) electrons. The molecule has 0 saturated carbocycles. The lowest BCUT2D eigenvalue weighted by Crippen LogP contribution is -2.44. The minimum Gasteiger partial charge on any atom is -0.465 e. The predicted octanol–water partition coefficient (Wildman–Crippen LogP) is 5.96. The molecule has 2 aromatic carbocycles. The number of rotatable bonds is 13. The second-order valence-electron chi connectivity index (χ2n) is 9.81. The van der Waals surface area contributed by atoms with E-state index in [1.807, 2.05) is 50.2 Å². The zero-order valence-electron chi connectivity index (χ0n) is 21.9. The Kier molecular flexibility index (Phi) is 10.2. The quantitative estimate of drug-likeness (QED) is 0.161. The van der Waals surface area contributed by atoms with E-state index in [4.69, 9.17) is 9.57 Å². The second-order valence-corrected chi connectivity index (χ2v) is 9.81. The molecule has 1 aliphatic carbocycles. The van der Waals surface area contributed by atoms with Crippen LogP contribution in [-0.2, 0) is 32.2 Å². The van der Waals surface area contributed by atoms with Crippen LogP contribution in [0.4, 0.5) is 0 Å². The van der Waals surface area contributed by atoms with E-state index >= 15 is 0 Å². The highest BCUT2D eigenvalue weighted by molar-refractivity contribution is 6.14. The van der Waals surface area contributed by atoms with Crippen LogP contribution in [0.5, 0.6) is 0 Å². The zero-order chi connectivity index (χ0) is 26.0. The zero-order valence-corrected chi connectivity index (χ0v) is 21.9. The lowest BCUT2D eigenvalue weighted by molar-refractivity contribution is -0.153. The summed E-state index contributed by atoms with van der Waals surface area (Å²) in [5.41, 5.74) is 6.32. The number of ether oxygens (including phenoxy) is 1. The fraction of sp³-hybridized carbons (Fsp3) is 0.500. The number of Topliss-reactive ketones (excluding diaryl/α,β-unsaturated/α-hetero) is 1. The van der Waals surface area contributed by atoms with E-state index < -0.39 is 5.41 Å². The van der Waals surface area contributed by atoms with Crippen molar-refractivity contribution >= 4 is 17.7 Å². The van der Waals surface area contributed by atoms with Crippen LogP contribution in [0.3, 0.4) is 0 Å². The van der Waals surface area contributed by atoms with Gasteiger partial charge in [0.2, 0.25) is 5.91 Å². The van der Waals surface area contributed by atoms with Gasteiger partial charge in [0.05, 0.1) is 13.2 Å². The van der Waals surface area contributed by atoms with Crippen LogP contribution >= 0.6 is 0 Å². The van der Waals surface area contributed by atoms with Crippen LogP contribution in [0.25, 0.3) is 0 Å². The molecule has 1 amide bonds. The first-order valence-electron chi connectivity index (χ1n) is 13.1.